The van der Waals surface area contributed by atoms with Crippen LogP contribution in [0.1, 0.15) is 16.2 Å². The van der Waals surface area contributed by atoms with E-state index in [0.717, 1.165) is 0 Å². The van der Waals surface area contributed by atoms with Gasteiger partial charge in [0.25, 0.3) is 11.6 Å². The Morgan fingerprint density at radius 1 is 1.50 bits per heavy atom. The van der Waals surface area contributed by atoms with E-state index in [0.29, 0.717) is 5.82 Å². The normalized spacial score (nSPS) is 10.0. The van der Waals surface area contributed by atoms with Crippen molar-refractivity contribution in [2.75, 3.05) is 0 Å². The maximum absolute atomic E-state index is 11.7. The lowest BCUT2D eigenvalue weighted by atomic mass is 10.2. The number of carbonyl (C=O) groups excluding carboxylic acids is 1. The second-order valence-electron chi connectivity index (χ2n) is 3.32. The van der Waals surface area contributed by atoms with Gasteiger partial charge >= 0.3 is 0 Å². The first-order valence-corrected chi connectivity index (χ1v) is 4.92. The second-order valence-corrected chi connectivity index (χ2v) is 3.32. The molecule has 92 valence electrons. The van der Waals surface area contributed by atoms with E-state index in [1.807, 2.05) is 0 Å². The minimum absolute atomic E-state index is 0.0953. The molecule has 9 heteroatoms. The number of hydrogen-bond donors (Lipinski definition) is 2. The summed E-state index contributed by atoms with van der Waals surface area (Å²) in [5.41, 5.74) is 0.0647. The fraction of sp³-hybridized carbons (Fsp3) is 0.111. The van der Waals surface area contributed by atoms with Gasteiger partial charge in [-0.05, 0) is 6.07 Å². The molecule has 1 amide bonds. The van der Waals surface area contributed by atoms with Crippen LogP contribution >= 0.6 is 0 Å². The van der Waals surface area contributed by atoms with Crippen molar-refractivity contribution in [1.29, 1.82) is 0 Å². The average Bonchev–Trinajstić information content (AvgIpc) is 2.89. The molecule has 2 N–H and O–H groups in total. The van der Waals surface area contributed by atoms with Gasteiger partial charge in [0.1, 0.15) is 0 Å². The predicted octanol–water partition coefficient (Wildman–Crippen LogP) is 0.0379. The van der Waals surface area contributed by atoms with E-state index in [-0.39, 0.29) is 17.8 Å². The van der Waals surface area contributed by atoms with Crippen molar-refractivity contribution in [2.45, 2.75) is 6.54 Å². The number of aromatic amines is 1. The van der Waals surface area contributed by atoms with Crippen LogP contribution in [-0.2, 0) is 6.54 Å². The molecule has 1 heterocycles. The van der Waals surface area contributed by atoms with Gasteiger partial charge in [-0.2, -0.15) is 5.21 Å². The number of H-pyrrole nitrogens is 1. The fourth-order valence-corrected chi connectivity index (χ4v) is 1.28. The topological polar surface area (TPSA) is 127 Å². The van der Waals surface area contributed by atoms with Crippen LogP contribution in [0.15, 0.2) is 24.3 Å². The molecule has 0 bridgehead atoms. The first-order valence-electron chi connectivity index (χ1n) is 4.92. The molecule has 0 radical (unpaired) electrons. The van der Waals surface area contributed by atoms with Crippen molar-refractivity contribution in [2.24, 2.45) is 0 Å². The summed E-state index contributed by atoms with van der Waals surface area (Å²) < 4.78 is 0. The smallest absolute Gasteiger partial charge is 0.270 e. The first kappa shape index (κ1) is 11.6. The highest BCUT2D eigenvalue weighted by Crippen LogP contribution is 2.12. The molecule has 2 aromatic rings. The number of nitrogens with zero attached hydrogens (tertiary/aromatic N) is 4. The minimum Gasteiger partial charge on any atom is -0.345 e. The number of rotatable bonds is 4. The van der Waals surface area contributed by atoms with Crippen LogP contribution in [0.3, 0.4) is 0 Å². The molecule has 0 unspecified atom stereocenters. The number of nitro groups is 1. The number of amides is 1. The average molecular weight is 248 g/mol. The highest BCUT2D eigenvalue weighted by molar-refractivity contribution is 5.94. The Bertz CT molecular complexity index is 567. The Labute approximate surface area is 100 Å². The van der Waals surface area contributed by atoms with Crippen molar-refractivity contribution in [3.05, 3.63) is 45.8 Å². The lowest BCUT2D eigenvalue weighted by Gasteiger charge is -2.02. The van der Waals surface area contributed by atoms with E-state index in [1.165, 1.54) is 24.3 Å². The Kier molecular flexibility index (Phi) is 3.23. The molecule has 18 heavy (non-hydrogen) atoms. The summed E-state index contributed by atoms with van der Waals surface area (Å²) >= 11 is 0. The van der Waals surface area contributed by atoms with Crippen molar-refractivity contribution < 1.29 is 9.72 Å². The van der Waals surface area contributed by atoms with Gasteiger partial charge in [0.15, 0.2) is 5.82 Å². The van der Waals surface area contributed by atoms with Crippen molar-refractivity contribution in [3.63, 3.8) is 0 Å². The number of nitrogens with one attached hydrogen (secondary N) is 2. The largest absolute Gasteiger partial charge is 0.345 e. The third-order valence-corrected chi connectivity index (χ3v) is 2.12. The summed E-state index contributed by atoms with van der Waals surface area (Å²) in [6.07, 6.45) is 0. The third-order valence-electron chi connectivity index (χ3n) is 2.12. The van der Waals surface area contributed by atoms with E-state index in [4.69, 9.17) is 0 Å². The highest BCUT2D eigenvalue weighted by atomic mass is 16.6. The molecule has 2 rings (SSSR count). The molecular formula is C9H8N6O3. The molecule has 0 saturated carbocycles. The van der Waals surface area contributed by atoms with Gasteiger partial charge in [-0.1, -0.05) is 11.3 Å². The van der Waals surface area contributed by atoms with Crippen LogP contribution in [0.25, 0.3) is 0 Å². The summed E-state index contributed by atoms with van der Waals surface area (Å²) in [4.78, 5) is 21.7. The van der Waals surface area contributed by atoms with Gasteiger partial charge in [0.05, 0.1) is 11.5 Å². The van der Waals surface area contributed by atoms with E-state index >= 15 is 0 Å². The molecule has 0 saturated heterocycles. The zero-order valence-electron chi connectivity index (χ0n) is 9.03. The van der Waals surface area contributed by atoms with Crippen LogP contribution in [0.4, 0.5) is 5.69 Å². The van der Waals surface area contributed by atoms with E-state index in [9.17, 15) is 14.9 Å². The molecule has 1 aromatic carbocycles. The van der Waals surface area contributed by atoms with Gasteiger partial charge in [0.2, 0.25) is 0 Å². The van der Waals surface area contributed by atoms with Crippen molar-refractivity contribution in [1.82, 2.24) is 25.9 Å². The lowest BCUT2D eigenvalue weighted by Crippen LogP contribution is -2.23. The zero-order chi connectivity index (χ0) is 13.0. The van der Waals surface area contributed by atoms with Crippen LogP contribution in [0.5, 0.6) is 0 Å². The lowest BCUT2D eigenvalue weighted by molar-refractivity contribution is -0.384. The van der Waals surface area contributed by atoms with Crippen LogP contribution in [0.2, 0.25) is 0 Å². The van der Waals surface area contributed by atoms with Crippen LogP contribution in [-0.4, -0.2) is 31.5 Å². The summed E-state index contributed by atoms with van der Waals surface area (Å²) in [6, 6.07) is 5.45. The molecule has 9 nitrogen and oxygen atoms in total. The number of benzene rings is 1. The Balaban J connectivity index is 2.04. The maximum Gasteiger partial charge on any atom is 0.270 e. The monoisotopic (exact) mass is 248 g/mol. The van der Waals surface area contributed by atoms with Gasteiger partial charge in [0, 0.05) is 17.7 Å². The first-order chi connectivity index (χ1) is 8.66. The number of carbonyl (C=O) groups is 1. The van der Waals surface area contributed by atoms with Gasteiger partial charge in [-0.15, -0.1) is 10.2 Å². The van der Waals surface area contributed by atoms with Gasteiger partial charge in [-0.25, -0.2) is 0 Å². The molecule has 0 fully saturated rings. The zero-order valence-corrected chi connectivity index (χ0v) is 9.03. The SMILES string of the molecule is O=C(NCc1nn[nH]n1)c1cccc([N+](=O)[O-])c1. The molecule has 0 atom stereocenters. The third kappa shape index (κ3) is 2.64. The van der Waals surface area contributed by atoms with Gasteiger partial charge in [-0.3, -0.25) is 14.9 Å². The van der Waals surface area contributed by atoms with E-state index in [1.54, 1.807) is 0 Å². The molecule has 1 aromatic heterocycles. The van der Waals surface area contributed by atoms with Crippen molar-refractivity contribution in [3.8, 4) is 0 Å². The Hall–Kier alpha value is -2.84. The molecule has 0 aliphatic heterocycles. The number of hydrogen-bond acceptors (Lipinski definition) is 6. The number of aromatic nitrogens is 4. The summed E-state index contributed by atoms with van der Waals surface area (Å²) in [5.74, 6) is -0.114. The standard InChI is InChI=1S/C9H8N6O3/c16-9(10-5-8-11-13-14-12-8)6-2-1-3-7(4-6)15(17)18/h1-4H,5H2,(H,10,16)(H,11,12,13,14). The Morgan fingerprint density at radius 3 is 3.00 bits per heavy atom. The van der Waals surface area contributed by atoms with Gasteiger partial charge < -0.3 is 5.32 Å². The van der Waals surface area contributed by atoms with Crippen LogP contribution < -0.4 is 5.32 Å². The van der Waals surface area contributed by atoms with E-state index < -0.39 is 10.8 Å². The molecular weight excluding hydrogens is 240 g/mol. The van der Waals surface area contributed by atoms with Crippen LogP contribution in [0, 0.1) is 10.1 Å². The molecule has 0 aliphatic carbocycles. The molecule has 0 aliphatic rings. The summed E-state index contributed by atoms with van der Waals surface area (Å²) in [7, 11) is 0. The summed E-state index contributed by atoms with van der Waals surface area (Å²) in [6.45, 7) is 0.0953. The molecule has 0 spiro atoms. The Morgan fingerprint density at radius 2 is 2.33 bits per heavy atom. The van der Waals surface area contributed by atoms with Crippen molar-refractivity contribution >= 4 is 11.6 Å². The fourth-order valence-electron chi connectivity index (χ4n) is 1.28. The quantitative estimate of drug-likeness (QED) is 0.580. The van der Waals surface area contributed by atoms with E-state index in [2.05, 4.69) is 25.9 Å². The second kappa shape index (κ2) is 4.99. The number of non-ortho nitro benzene ring substituents is 1. The predicted molar refractivity (Wildman–Crippen MR) is 58.4 cm³/mol. The number of tetrazole rings is 1. The number of nitro benzene ring substituents is 1. The highest BCUT2D eigenvalue weighted by Gasteiger charge is 2.11. The maximum atomic E-state index is 11.7. The summed E-state index contributed by atoms with van der Waals surface area (Å²) in [5, 5.41) is 26.0. The minimum atomic E-state index is -0.560.